The van der Waals surface area contributed by atoms with E-state index in [1.165, 1.54) is 29.8 Å². The fraction of sp³-hybridized carbons (Fsp3) is 0.292. The summed E-state index contributed by atoms with van der Waals surface area (Å²) < 4.78 is 45.7. The second kappa shape index (κ2) is 10.2. The predicted octanol–water partition coefficient (Wildman–Crippen LogP) is 3.27. The zero-order chi connectivity index (χ0) is 26.0. The number of aliphatic hydroxyl groups excluding tert-OH is 1. The van der Waals surface area contributed by atoms with E-state index in [2.05, 4.69) is 9.72 Å². The molecule has 0 bridgehead atoms. The van der Waals surface area contributed by atoms with Gasteiger partial charge in [-0.1, -0.05) is 35.9 Å². The maximum Gasteiger partial charge on any atom is 0.573 e. The van der Waals surface area contributed by atoms with Gasteiger partial charge in [-0.2, -0.15) is 0 Å². The topological polar surface area (TPSA) is 91.3 Å². The molecule has 2 aromatic heterocycles. The third-order valence-corrected chi connectivity index (χ3v) is 5.91. The Balaban J connectivity index is 1.78. The minimum atomic E-state index is -4.80. The summed E-state index contributed by atoms with van der Waals surface area (Å²) in [5.41, 5.74) is 0.559. The fourth-order valence-corrected chi connectivity index (χ4v) is 4.12. The molecule has 0 spiro atoms. The first-order valence-electron chi connectivity index (χ1n) is 11.0. The van der Waals surface area contributed by atoms with Gasteiger partial charge in [0.05, 0.1) is 13.2 Å². The molecular formula is C24H22ClF3N4O4. The third kappa shape index (κ3) is 5.47. The van der Waals surface area contributed by atoms with Crippen molar-refractivity contribution in [3.63, 3.8) is 0 Å². The molecule has 2 aromatic carbocycles. The molecule has 0 aliphatic heterocycles. The van der Waals surface area contributed by atoms with Gasteiger partial charge >= 0.3 is 12.1 Å². The highest BCUT2D eigenvalue weighted by atomic mass is 35.5. The molecule has 190 valence electrons. The lowest BCUT2D eigenvalue weighted by molar-refractivity contribution is -0.274. The van der Waals surface area contributed by atoms with Gasteiger partial charge < -0.3 is 14.4 Å². The van der Waals surface area contributed by atoms with E-state index >= 15 is 0 Å². The highest BCUT2D eigenvalue weighted by molar-refractivity contribution is 6.30. The summed E-state index contributed by atoms with van der Waals surface area (Å²) in [5.74, 6) is 0.122. The maximum absolute atomic E-state index is 13.1. The Bertz CT molecular complexity index is 1510. The van der Waals surface area contributed by atoms with Gasteiger partial charge in [-0.25, -0.2) is 9.78 Å². The van der Waals surface area contributed by atoms with Crippen LogP contribution in [0.1, 0.15) is 17.0 Å². The van der Waals surface area contributed by atoms with E-state index in [-0.39, 0.29) is 43.0 Å². The Kier molecular flexibility index (Phi) is 7.23. The average Bonchev–Trinajstić information content (AvgIpc) is 3.17. The van der Waals surface area contributed by atoms with Crippen LogP contribution in [0, 0.1) is 0 Å². The van der Waals surface area contributed by atoms with Crippen LogP contribution < -0.4 is 16.0 Å². The molecule has 0 aliphatic rings. The number of nitrogens with zero attached hydrogens (tertiary/aromatic N) is 4. The van der Waals surface area contributed by atoms with Crippen LogP contribution >= 0.6 is 11.6 Å². The van der Waals surface area contributed by atoms with Crippen molar-refractivity contribution >= 4 is 22.8 Å². The molecule has 0 atom stereocenters. The van der Waals surface area contributed by atoms with Crippen molar-refractivity contribution in [3.05, 3.63) is 91.3 Å². The van der Waals surface area contributed by atoms with Gasteiger partial charge in [-0.15, -0.1) is 13.2 Å². The van der Waals surface area contributed by atoms with Crippen molar-refractivity contribution in [1.82, 2.24) is 18.7 Å². The van der Waals surface area contributed by atoms with Crippen molar-refractivity contribution in [2.24, 2.45) is 7.05 Å². The molecule has 4 aromatic rings. The van der Waals surface area contributed by atoms with E-state index in [1.54, 1.807) is 34.9 Å². The number of aryl methyl sites for hydroxylation is 2. The number of ether oxygens (including phenoxy) is 1. The number of aliphatic hydroxyl groups is 1. The van der Waals surface area contributed by atoms with Gasteiger partial charge in [0.15, 0.2) is 11.2 Å². The normalized spacial score (nSPS) is 11.8. The van der Waals surface area contributed by atoms with Crippen LogP contribution in [0.5, 0.6) is 5.75 Å². The van der Waals surface area contributed by atoms with E-state index < -0.39 is 17.6 Å². The molecule has 0 saturated heterocycles. The highest BCUT2D eigenvalue weighted by Crippen LogP contribution is 2.24. The molecule has 0 aliphatic carbocycles. The monoisotopic (exact) mass is 522 g/mol. The predicted molar refractivity (Wildman–Crippen MR) is 127 cm³/mol. The first kappa shape index (κ1) is 25.5. The highest BCUT2D eigenvalue weighted by Gasteiger charge is 2.31. The summed E-state index contributed by atoms with van der Waals surface area (Å²) in [4.78, 5) is 30.4. The van der Waals surface area contributed by atoms with E-state index in [1.807, 2.05) is 0 Å². The second-order valence-corrected chi connectivity index (χ2v) is 8.57. The number of imidazole rings is 1. The summed E-state index contributed by atoms with van der Waals surface area (Å²) >= 11 is 5.99. The maximum atomic E-state index is 13.1. The molecule has 0 saturated carbocycles. The second-order valence-electron chi connectivity index (χ2n) is 8.13. The molecule has 0 unspecified atom stereocenters. The van der Waals surface area contributed by atoms with Gasteiger partial charge in [-0.05, 0) is 41.8 Å². The van der Waals surface area contributed by atoms with Crippen molar-refractivity contribution < 1.29 is 23.0 Å². The van der Waals surface area contributed by atoms with Gasteiger partial charge in [0.2, 0.25) is 0 Å². The molecule has 12 heteroatoms. The Morgan fingerprint density at radius 3 is 2.42 bits per heavy atom. The van der Waals surface area contributed by atoms with E-state index in [9.17, 15) is 27.9 Å². The summed E-state index contributed by atoms with van der Waals surface area (Å²) in [5, 5.41) is 10.0. The van der Waals surface area contributed by atoms with Crippen LogP contribution in [0.25, 0.3) is 11.2 Å². The largest absolute Gasteiger partial charge is 0.573 e. The van der Waals surface area contributed by atoms with Crippen molar-refractivity contribution in [2.45, 2.75) is 32.3 Å². The molecule has 0 fully saturated rings. The number of hydrogen-bond acceptors (Lipinski definition) is 5. The van der Waals surface area contributed by atoms with E-state index in [4.69, 9.17) is 11.6 Å². The first-order chi connectivity index (χ1) is 17.1. The van der Waals surface area contributed by atoms with E-state index in [0.29, 0.717) is 22.8 Å². The molecule has 0 radical (unpaired) electrons. The number of halogens is 4. The number of alkyl halides is 3. The van der Waals surface area contributed by atoms with Gasteiger partial charge in [0.25, 0.3) is 5.56 Å². The summed E-state index contributed by atoms with van der Waals surface area (Å²) in [6, 6.07) is 12.6. The van der Waals surface area contributed by atoms with Crippen LogP contribution in [-0.2, 0) is 33.0 Å². The molecule has 8 nitrogen and oxygen atoms in total. The quantitative estimate of drug-likeness (QED) is 0.383. The van der Waals surface area contributed by atoms with Crippen LogP contribution in [0.3, 0.4) is 0 Å². The average molecular weight is 523 g/mol. The Morgan fingerprint density at radius 2 is 1.75 bits per heavy atom. The lowest BCUT2D eigenvalue weighted by Crippen LogP contribution is -2.39. The Hall–Kier alpha value is -3.57. The van der Waals surface area contributed by atoms with Crippen molar-refractivity contribution in [3.8, 4) is 5.75 Å². The molecule has 0 amide bonds. The lowest BCUT2D eigenvalue weighted by Gasteiger charge is -2.12. The van der Waals surface area contributed by atoms with Crippen LogP contribution in [0.2, 0.25) is 5.02 Å². The SMILES string of the molecule is Cn1c(=O)c2c(nc(CCc3cccc(OC(F)(F)F)c3)n2Cc2ccc(Cl)cc2)n(CCO)c1=O. The summed E-state index contributed by atoms with van der Waals surface area (Å²) in [7, 11) is 1.35. The minimum Gasteiger partial charge on any atom is -0.406 e. The first-order valence-corrected chi connectivity index (χ1v) is 11.3. The smallest absolute Gasteiger partial charge is 0.406 e. The van der Waals surface area contributed by atoms with Gasteiger partial charge in [0.1, 0.15) is 11.6 Å². The molecule has 2 heterocycles. The minimum absolute atomic E-state index is 0.0579. The van der Waals surface area contributed by atoms with Crippen LogP contribution in [0.4, 0.5) is 13.2 Å². The standard InChI is InChI=1S/C24H22ClF3N4O4/c1-30-22(34)20-21(31(11-12-33)23(30)35)29-19(32(20)14-16-5-8-17(25)9-6-16)10-7-15-3-2-4-18(13-15)36-24(26,27)28/h2-6,8-9,13,33H,7,10-12,14H2,1H3. The third-order valence-electron chi connectivity index (χ3n) is 5.66. The zero-order valence-electron chi connectivity index (χ0n) is 19.1. The molecule has 4 rings (SSSR count). The molecule has 36 heavy (non-hydrogen) atoms. The number of benzene rings is 2. The van der Waals surface area contributed by atoms with Gasteiger partial charge in [-0.3, -0.25) is 13.9 Å². The number of rotatable bonds is 8. The van der Waals surface area contributed by atoms with Crippen LogP contribution in [0.15, 0.2) is 58.1 Å². The lowest BCUT2D eigenvalue weighted by atomic mass is 10.1. The summed E-state index contributed by atoms with van der Waals surface area (Å²) in [6.45, 7) is -0.150. The molecular weight excluding hydrogens is 501 g/mol. The number of aromatic nitrogens is 4. The van der Waals surface area contributed by atoms with E-state index in [0.717, 1.165) is 10.1 Å². The van der Waals surface area contributed by atoms with Crippen molar-refractivity contribution in [2.75, 3.05) is 6.61 Å². The van der Waals surface area contributed by atoms with Crippen molar-refractivity contribution in [1.29, 1.82) is 0 Å². The number of hydrogen-bond donors (Lipinski definition) is 1. The Morgan fingerprint density at radius 1 is 1.03 bits per heavy atom. The van der Waals surface area contributed by atoms with Crippen LogP contribution in [-0.4, -0.2) is 36.8 Å². The fourth-order valence-electron chi connectivity index (χ4n) is 3.99. The number of fused-ring (bicyclic) bond motifs is 1. The Labute approximate surface area is 207 Å². The zero-order valence-corrected chi connectivity index (χ0v) is 19.9. The molecule has 1 N–H and O–H groups in total. The summed E-state index contributed by atoms with van der Waals surface area (Å²) in [6.07, 6.45) is -4.25. The van der Waals surface area contributed by atoms with Gasteiger partial charge in [0, 0.05) is 25.0 Å².